The van der Waals surface area contributed by atoms with Gasteiger partial charge in [0.05, 0.1) is 0 Å². The van der Waals surface area contributed by atoms with Crippen molar-refractivity contribution in [3.8, 4) is 5.75 Å². The van der Waals surface area contributed by atoms with Gasteiger partial charge in [-0.15, -0.1) is 0 Å². The van der Waals surface area contributed by atoms with E-state index in [1.807, 2.05) is 0 Å². The van der Waals surface area contributed by atoms with Gasteiger partial charge in [0.15, 0.2) is 0 Å². The quantitative estimate of drug-likeness (QED) is 0.680. The number of carboxylic acid groups (broad SMARTS) is 1. The minimum Gasteiger partial charge on any atom is -0.508 e. The van der Waals surface area contributed by atoms with E-state index >= 15 is 0 Å². The Morgan fingerprint density at radius 3 is 2.23 bits per heavy atom. The summed E-state index contributed by atoms with van der Waals surface area (Å²) in [6, 6.07) is 4.96. The number of aryl methyl sites for hydroxylation is 1. The number of phenolic OH excluding ortho intramolecular Hbond substituents is 1. The second-order valence-electron chi connectivity index (χ2n) is 2.45. The predicted molar refractivity (Wildman–Crippen MR) is 51.2 cm³/mol. The summed E-state index contributed by atoms with van der Waals surface area (Å²) in [5.41, 5.74) is 0.808. The van der Waals surface area contributed by atoms with Gasteiger partial charge in [0.25, 0.3) is 5.97 Å². The molecule has 13 heavy (non-hydrogen) atoms. The summed E-state index contributed by atoms with van der Waals surface area (Å²) in [6.45, 7) is 2.89. The Kier molecular flexibility index (Phi) is 4.92. The van der Waals surface area contributed by atoms with E-state index in [9.17, 15) is 0 Å². The molecule has 0 amide bonds. The van der Waals surface area contributed by atoms with Gasteiger partial charge in [-0.3, -0.25) is 4.79 Å². The van der Waals surface area contributed by atoms with Crippen molar-refractivity contribution >= 4 is 17.6 Å². The number of benzene rings is 1. The topological polar surface area (TPSA) is 57.5 Å². The van der Waals surface area contributed by atoms with Gasteiger partial charge < -0.3 is 10.2 Å². The van der Waals surface area contributed by atoms with Crippen molar-refractivity contribution in [3.63, 3.8) is 0 Å². The van der Waals surface area contributed by atoms with Crippen LogP contribution < -0.4 is 0 Å². The zero-order valence-corrected chi connectivity index (χ0v) is 8.17. The zero-order valence-electron chi connectivity index (χ0n) is 7.41. The largest absolute Gasteiger partial charge is 0.508 e. The van der Waals surface area contributed by atoms with Crippen molar-refractivity contribution in [1.29, 1.82) is 0 Å². The third-order valence-electron chi connectivity index (χ3n) is 1.16. The van der Waals surface area contributed by atoms with Crippen LogP contribution in [0.4, 0.5) is 0 Å². The zero-order chi connectivity index (χ0) is 10.4. The van der Waals surface area contributed by atoms with Crippen LogP contribution in [0.5, 0.6) is 5.75 Å². The summed E-state index contributed by atoms with van der Waals surface area (Å²) < 4.78 is 0. The molecule has 0 spiro atoms. The lowest BCUT2D eigenvalue weighted by molar-refractivity contribution is -0.134. The van der Waals surface area contributed by atoms with E-state index in [2.05, 4.69) is 0 Å². The van der Waals surface area contributed by atoms with E-state index in [4.69, 9.17) is 26.6 Å². The molecule has 2 N–H and O–H groups in total. The SMILES string of the molecule is CC(=O)O.Cc1cc(Cl)ccc1O. The van der Waals surface area contributed by atoms with Gasteiger partial charge >= 0.3 is 0 Å². The van der Waals surface area contributed by atoms with E-state index in [0.717, 1.165) is 12.5 Å². The number of carbonyl (C=O) groups is 1. The van der Waals surface area contributed by atoms with E-state index in [0.29, 0.717) is 10.8 Å². The molecule has 1 rings (SSSR count). The summed E-state index contributed by atoms with van der Waals surface area (Å²) in [6.07, 6.45) is 0. The van der Waals surface area contributed by atoms with Crippen LogP contribution in [0, 0.1) is 6.92 Å². The highest BCUT2D eigenvalue weighted by molar-refractivity contribution is 6.30. The maximum absolute atomic E-state index is 9.00. The molecule has 1 aromatic carbocycles. The Morgan fingerprint density at radius 1 is 1.46 bits per heavy atom. The summed E-state index contributed by atoms with van der Waals surface area (Å²) in [5, 5.41) is 17.1. The normalized spacial score (nSPS) is 8.54. The molecule has 3 nitrogen and oxygen atoms in total. The Bertz CT molecular complexity index is 293. The Labute approximate surface area is 81.6 Å². The van der Waals surface area contributed by atoms with Crippen molar-refractivity contribution in [1.82, 2.24) is 0 Å². The standard InChI is InChI=1S/C7H7ClO.C2H4O2/c1-5-4-6(8)2-3-7(5)9;1-2(3)4/h2-4,9H,1H3;1H3,(H,3,4). The first kappa shape index (κ1) is 11.8. The van der Waals surface area contributed by atoms with Crippen LogP contribution in [0.2, 0.25) is 5.02 Å². The van der Waals surface area contributed by atoms with Gasteiger partial charge in [-0.05, 0) is 30.7 Å². The molecule has 0 radical (unpaired) electrons. The number of halogens is 1. The first-order valence-corrected chi connectivity index (χ1v) is 3.96. The Morgan fingerprint density at radius 2 is 1.92 bits per heavy atom. The lowest BCUT2D eigenvalue weighted by atomic mass is 10.2. The molecule has 0 unspecified atom stereocenters. The summed E-state index contributed by atoms with van der Waals surface area (Å²) in [7, 11) is 0. The number of hydrogen-bond acceptors (Lipinski definition) is 2. The molecule has 0 heterocycles. The monoisotopic (exact) mass is 202 g/mol. The number of rotatable bonds is 0. The number of aromatic hydroxyl groups is 1. The molecule has 1 aromatic rings. The van der Waals surface area contributed by atoms with E-state index in [-0.39, 0.29) is 0 Å². The average molecular weight is 203 g/mol. The van der Waals surface area contributed by atoms with Crippen molar-refractivity contribution < 1.29 is 15.0 Å². The minimum absolute atomic E-state index is 0.291. The molecule has 0 bridgehead atoms. The molecule has 0 fully saturated rings. The molecule has 4 heteroatoms. The summed E-state index contributed by atoms with van der Waals surface area (Å²) in [5.74, 6) is -0.542. The summed E-state index contributed by atoms with van der Waals surface area (Å²) in [4.78, 5) is 9.00. The molecule has 0 aliphatic heterocycles. The number of carboxylic acids is 1. The highest BCUT2D eigenvalue weighted by Gasteiger charge is 1.93. The molecular weight excluding hydrogens is 192 g/mol. The van der Waals surface area contributed by atoms with Crippen LogP contribution in [-0.4, -0.2) is 16.2 Å². The van der Waals surface area contributed by atoms with Gasteiger partial charge in [-0.1, -0.05) is 11.6 Å². The molecule has 0 saturated heterocycles. The van der Waals surface area contributed by atoms with Crippen molar-refractivity contribution in [3.05, 3.63) is 28.8 Å². The van der Waals surface area contributed by atoms with Crippen molar-refractivity contribution in [2.45, 2.75) is 13.8 Å². The fraction of sp³-hybridized carbons (Fsp3) is 0.222. The van der Waals surface area contributed by atoms with Gasteiger partial charge in [-0.2, -0.15) is 0 Å². The lowest BCUT2D eigenvalue weighted by Crippen LogP contribution is -1.78. The molecule has 0 aromatic heterocycles. The second-order valence-corrected chi connectivity index (χ2v) is 2.89. The van der Waals surface area contributed by atoms with Crippen LogP contribution >= 0.6 is 11.6 Å². The van der Waals surface area contributed by atoms with Crippen LogP contribution in [0.25, 0.3) is 0 Å². The molecule has 0 aliphatic carbocycles. The minimum atomic E-state index is -0.833. The maximum atomic E-state index is 9.00. The van der Waals surface area contributed by atoms with E-state index in [1.165, 1.54) is 0 Å². The van der Waals surface area contributed by atoms with E-state index in [1.54, 1.807) is 25.1 Å². The average Bonchev–Trinajstić information content (AvgIpc) is 1.96. The lowest BCUT2D eigenvalue weighted by Gasteiger charge is -1.95. The third kappa shape index (κ3) is 5.99. The van der Waals surface area contributed by atoms with Crippen molar-refractivity contribution in [2.75, 3.05) is 0 Å². The summed E-state index contributed by atoms with van der Waals surface area (Å²) >= 11 is 5.61. The second kappa shape index (κ2) is 5.43. The first-order valence-electron chi connectivity index (χ1n) is 3.58. The molecule has 72 valence electrons. The van der Waals surface area contributed by atoms with Gasteiger partial charge in [0.2, 0.25) is 0 Å². The van der Waals surface area contributed by atoms with Crippen LogP contribution in [0.1, 0.15) is 12.5 Å². The van der Waals surface area contributed by atoms with Gasteiger partial charge in [-0.25, -0.2) is 0 Å². The highest BCUT2D eigenvalue weighted by atomic mass is 35.5. The third-order valence-corrected chi connectivity index (χ3v) is 1.39. The van der Waals surface area contributed by atoms with E-state index < -0.39 is 5.97 Å². The number of hydrogen-bond donors (Lipinski definition) is 2. The Hall–Kier alpha value is -1.22. The highest BCUT2D eigenvalue weighted by Crippen LogP contribution is 2.19. The fourth-order valence-corrected chi connectivity index (χ4v) is 0.846. The first-order chi connectivity index (χ1) is 5.93. The van der Waals surface area contributed by atoms with Crippen LogP contribution in [0.15, 0.2) is 18.2 Å². The molecular formula is C9H11ClO3. The Balaban J connectivity index is 0.000000310. The molecule has 0 atom stereocenters. The fourth-order valence-electron chi connectivity index (χ4n) is 0.619. The molecule has 0 saturated carbocycles. The van der Waals surface area contributed by atoms with Crippen LogP contribution in [-0.2, 0) is 4.79 Å². The van der Waals surface area contributed by atoms with Crippen molar-refractivity contribution in [2.24, 2.45) is 0 Å². The maximum Gasteiger partial charge on any atom is 0.300 e. The van der Waals surface area contributed by atoms with Crippen LogP contribution in [0.3, 0.4) is 0 Å². The predicted octanol–water partition coefficient (Wildman–Crippen LogP) is 2.44. The smallest absolute Gasteiger partial charge is 0.300 e. The van der Waals surface area contributed by atoms with Gasteiger partial charge in [0, 0.05) is 11.9 Å². The van der Waals surface area contributed by atoms with Gasteiger partial charge in [0.1, 0.15) is 5.75 Å². The number of aliphatic carboxylic acids is 1. The molecule has 0 aliphatic rings. The number of phenols is 1.